The van der Waals surface area contributed by atoms with Crippen molar-refractivity contribution in [3.8, 4) is 0 Å². The van der Waals surface area contributed by atoms with Crippen molar-refractivity contribution in [2.24, 2.45) is 10.8 Å². The topological polar surface area (TPSA) is 17.1 Å². The molecule has 0 spiro atoms. The molecule has 116 valence electrons. The molecule has 1 aliphatic rings. The number of carbonyl (C=O) groups excluding carboxylic acids is 1. The molecule has 0 bridgehead atoms. The Morgan fingerprint density at radius 3 is 2.14 bits per heavy atom. The Bertz CT molecular complexity index is 773. The van der Waals surface area contributed by atoms with Crippen LogP contribution in [0.4, 0.5) is 0 Å². The summed E-state index contributed by atoms with van der Waals surface area (Å²) in [5.41, 5.74) is 4.97. The van der Waals surface area contributed by atoms with Gasteiger partial charge in [-0.05, 0) is 52.6 Å². The fourth-order valence-electron chi connectivity index (χ4n) is 3.83. The average Bonchev–Trinajstić information content (AvgIpc) is 2.74. The number of ketones is 1. The zero-order valence-corrected chi connectivity index (χ0v) is 14.6. The first-order chi connectivity index (χ1) is 10.1. The van der Waals surface area contributed by atoms with E-state index in [9.17, 15) is 4.79 Å². The van der Waals surface area contributed by atoms with Gasteiger partial charge >= 0.3 is 0 Å². The van der Waals surface area contributed by atoms with Gasteiger partial charge in [-0.25, -0.2) is 0 Å². The van der Waals surface area contributed by atoms with Crippen LogP contribution in [-0.2, 0) is 12.8 Å². The van der Waals surface area contributed by atoms with Gasteiger partial charge in [-0.1, -0.05) is 58.9 Å². The molecule has 1 nitrogen and oxygen atoms in total. The van der Waals surface area contributed by atoms with Crippen molar-refractivity contribution in [1.82, 2.24) is 0 Å². The zero-order chi connectivity index (χ0) is 16.3. The summed E-state index contributed by atoms with van der Waals surface area (Å²) in [6.45, 7) is 12.8. The van der Waals surface area contributed by atoms with Crippen LogP contribution in [0.15, 0.2) is 24.3 Å². The average molecular weight is 294 g/mol. The molecule has 1 aliphatic carbocycles. The summed E-state index contributed by atoms with van der Waals surface area (Å²) in [5, 5.41) is 2.41. The molecule has 0 unspecified atom stereocenters. The van der Waals surface area contributed by atoms with Crippen molar-refractivity contribution in [2.75, 3.05) is 0 Å². The van der Waals surface area contributed by atoms with Gasteiger partial charge in [0.2, 0.25) is 0 Å². The quantitative estimate of drug-likeness (QED) is 0.634. The molecule has 0 aromatic heterocycles. The van der Waals surface area contributed by atoms with E-state index in [1.807, 2.05) is 26.8 Å². The van der Waals surface area contributed by atoms with Crippen LogP contribution in [0.25, 0.3) is 10.8 Å². The lowest BCUT2D eigenvalue weighted by Gasteiger charge is -2.22. The maximum atomic E-state index is 13.1. The summed E-state index contributed by atoms with van der Waals surface area (Å²) in [6.07, 6.45) is 2.18. The van der Waals surface area contributed by atoms with Gasteiger partial charge in [0, 0.05) is 11.0 Å². The highest BCUT2D eigenvalue weighted by molar-refractivity contribution is 6.12. The van der Waals surface area contributed by atoms with Crippen LogP contribution < -0.4 is 0 Å². The maximum absolute atomic E-state index is 13.1. The highest BCUT2D eigenvalue weighted by Gasteiger charge is 2.35. The van der Waals surface area contributed by atoms with E-state index in [2.05, 4.69) is 39.0 Å². The van der Waals surface area contributed by atoms with Crippen molar-refractivity contribution in [3.63, 3.8) is 0 Å². The Labute approximate surface area is 133 Å². The number of benzene rings is 2. The van der Waals surface area contributed by atoms with Crippen molar-refractivity contribution in [2.45, 2.75) is 54.4 Å². The summed E-state index contributed by atoms with van der Waals surface area (Å²) >= 11 is 0. The first kappa shape index (κ1) is 15.3. The van der Waals surface area contributed by atoms with E-state index in [1.54, 1.807) is 0 Å². The normalized spacial score (nSPS) is 16.8. The molecule has 22 heavy (non-hydrogen) atoms. The summed E-state index contributed by atoms with van der Waals surface area (Å²) in [7, 11) is 0. The Morgan fingerprint density at radius 2 is 1.55 bits per heavy atom. The molecule has 0 fully saturated rings. The summed E-state index contributed by atoms with van der Waals surface area (Å²) in [6, 6.07) is 8.45. The lowest BCUT2D eigenvalue weighted by molar-refractivity contribution is 0.0859. The first-order valence-corrected chi connectivity index (χ1v) is 8.20. The van der Waals surface area contributed by atoms with Gasteiger partial charge in [-0.15, -0.1) is 0 Å². The van der Waals surface area contributed by atoms with Crippen LogP contribution in [0.3, 0.4) is 0 Å². The second kappa shape index (κ2) is 4.68. The summed E-state index contributed by atoms with van der Waals surface area (Å²) < 4.78 is 0. The van der Waals surface area contributed by atoms with E-state index in [0.717, 1.165) is 23.8 Å². The Kier molecular flexibility index (Phi) is 3.25. The predicted molar refractivity (Wildman–Crippen MR) is 93.7 cm³/mol. The van der Waals surface area contributed by atoms with Crippen LogP contribution in [0, 0.1) is 17.8 Å². The van der Waals surface area contributed by atoms with E-state index < -0.39 is 0 Å². The minimum atomic E-state index is -0.351. The van der Waals surface area contributed by atoms with E-state index in [0.29, 0.717) is 5.41 Å². The number of rotatable bonds is 1. The molecular weight excluding hydrogens is 268 g/mol. The van der Waals surface area contributed by atoms with Gasteiger partial charge in [0.1, 0.15) is 0 Å². The zero-order valence-electron chi connectivity index (χ0n) is 14.6. The third-order valence-corrected chi connectivity index (χ3v) is 4.93. The molecule has 1 heteroatoms. The Hall–Kier alpha value is -1.63. The maximum Gasteiger partial charge on any atom is 0.169 e. The van der Waals surface area contributed by atoms with Crippen LogP contribution in [0.2, 0.25) is 0 Å². The van der Waals surface area contributed by atoms with E-state index in [-0.39, 0.29) is 11.2 Å². The molecule has 0 saturated heterocycles. The molecular formula is C21H26O. The standard InChI is InChI=1S/C21H26O/c1-13-16-11-21(5,6)12-17(16)14-9-7-8-10-15(14)18(13)19(22)20(2,3)4/h7-10H,11-12H2,1-6H3. The number of hydrogen-bond donors (Lipinski definition) is 0. The largest absolute Gasteiger partial charge is 0.294 e. The van der Waals surface area contributed by atoms with E-state index in [1.165, 1.54) is 22.1 Å². The monoisotopic (exact) mass is 294 g/mol. The van der Waals surface area contributed by atoms with Crippen LogP contribution in [0.1, 0.15) is 61.7 Å². The summed E-state index contributed by atoms with van der Waals surface area (Å²) in [4.78, 5) is 13.1. The molecule has 0 radical (unpaired) electrons. The smallest absolute Gasteiger partial charge is 0.169 e. The Balaban J connectivity index is 2.38. The van der Waals surface area contributed by atoms with Gasteiger partial charge < -0.3 is 0 Å². The molecule has 3 rings (SSSR count). The molecule has 2 aromatic carbocycles. The second-order valence-corrected chi connectivity index (χ2v) is 8.60. The predicted octanol–water partition coefficient (Wildman–Crippen LogP) is 5.50. The van der Waals surface area contributed by atoms with Crippen LogP contribution >= 0.6 is 0 Å². The number of hydrogen-bond acceptors (Lipinski definition) is 1. The lowest BCUT2D eigenvalue weighted by Crippen LogP contribution is -2.22. The van der Waals surface area contributed by atoms with Gasteiger partial charge in [-0.3, -0.25) is 4.79 Å². The number of Topliss-reactive ketones (excluding diaryl/α,β-unsaturated/α-hetero) is 1. The number of carbonyl (C=O) groups is 1. The van der Waals surface area contributed by atoms with E-state index >= 15 is 0 Å². The number of fused-ring (bicyclic) bond motifs is 3. The molecule has 0 heterocycles. The second-order valence-electron chi connectivity index (χ2n) is 8.60. The minimum absolute atomic E-state index is 0.258. The minimum Gasteiger partial charge on any atom is -0.294 e. The highest BCUT2D eigenvalue weighted by Crippen LogP contribution is 2.44. The van der Waals surface area contributed by atoms with Gasteiger partial charge in [0.25, 0.3) is 0 Å². The lowest BCUT2D eigenvalue weighted by atomic mass is 9.80. The SMILES string of the molecule is Cc1c2c(c3ccccc3c1C(=O)C(C)(C)C)CC(C)(C)C2. The Morgan fingerprint density at radius 1 is 1.00 bits per heavy atom. The fourth-order valence-corrected chi connectivity index (χ4v) is 3.83. The molecule has 2 aromatic rings. The van der Waals surface area contributed by atoms with Crippen molar-refractivity contribution < 1.29 is 4.79 Å². The highest BCUT2D eigenvalue weighted by atomic mass is 16.1. The van der Waals surface area contributed by atoms with Crippen molar-refractivity contribution >= 4 is 16.6 Å². The molecule has 0 aliphatic heterocycles. The molecule has 0 saturated carbocycles. The van der Waals surface area contributed by atoms with E-state index in [4.69, 9.17) is 0 Å². The fraction of sp³-hybridized carbons (Fsp3) is 0.476. The van der Waals surface area contributed by atoms with Crippen LogP contribution in [0.5, 0.6) is 0 Å². The van der Waals surface area contributed by atoms with Crippen molar-refractivity contribution in [1.29, 1.82) is 0 Å². The summed E-state index contributed by atoms with van der Waals surface area (Å²) in [5.74, 6) is 0.258. The van der Waals surface area contributed by atoms with Crippen molar-refractivity contribution in [3.05, 3.63) is 46.5 Å². The third kappa shape index (κ3) is 2.27. The van der Waals surface area contributed by atoms with Gasteiger partial charge in [0.15, 0.2) is 5.78 Å². The third-order valence-electron chi connectivity index (χ3n) is 4.93. The van der Waals surface area contributed by atoms with Gasteiger partial charge in [-0.2, -0.15) is 0 Å². The molecule has 0 amide bonds. The first-order valence-electron chi connectivity index (χ1n) is 8.20. The van der Waals surface area contributed by atoms with Gasteiger partial charge in [0.05, 0.1) is 0 Å². The molecule has 0 atom stereocenters. The van der Waals surface area contributed by atoms with Crippen LogP contribution in [-0.4, -0.2) is 5.78 Å². The molecule has 0 N–H and O–H groups in total.